The molecule has 0 radical (unpaired) electrons. The lowest BCUT2D eigenvalue weighted by atomic mass is 9.72. The van der Waals surface area contributed by atoms with Gasteiger partial charge in [0.1, 0.15) is 0 Å². The summed E-state index contributed by atoms with van der Waals surface area (Å²) in [6.07, 6.45) is 10.7. The molecule has 0 saturated carbocycles. The average molecular weight is 351 g/mol. The number of ether oxygens (including phenoxy) is 2. The molecular weight excluding hydrogens is 316 g/mol. The Morgan fingerprint density at radius 2 is 2.24 bits per heavy atom. The molecule has 1 aliphatic carbocycles. The van der Waals surface area contributed by atoms with Crippen LogP contribution in [-0.2, 0) is 14.3 Å². The van der Waals surface area contributed by atoms with Crippen LogP contribution in [0, 0.1) is 11.3 Å². The van der Waals surface area contributed by atoms with Crippen molar-refractivity contribution in [1.29, 1.82) is 0 Å². The second-order valence-corrected chi connectivity index (χ2v) is 8.21. The zero-order valence-corrected chi connectivity index (χ0v) is 15.9. The van der Waals surface area contributed by atoms with Crippen LogP contribution in [0.5, 0.6) is 0 Å². The molecule has 0 aromatic rings. The number of hydrogen-bond acceptors (Lipinski definition) is 4. The monoisotopic (exact) mass is 350 g/mol. The Bertz CT molecular complexity index is 480. The summed E-state index contributed by atoms with van der Waals surface area (Å²) in [7, 11) is 4.13. The van der Waals surface area contributed by atoms with Gasteiger partial charge in [-0.1, -0.05) is 12.2 Å². The summed E-state index contributed by atoms with van der Waals surface area (Å²) in [6.45, 7) is 4.87. The molecule has 0 bridgehead atoms. The Hall–Kier alpha value is -0.910. The van der Waals surface area contributed by atoms with Crippen LogP contribution in [0.4, 0.5) is 0 Å². The van der Waals surface area contributed by atoms with E-state index in [0.29, 0.717) is 12.5 Å². The molecule has 3 atom stereocenters. The first-order chi connectivity index (χ1) is 12.1. The molecule has 5 heteroatoms. The van der Waals surface area contributed by atoms with Gasteiger partial charge in [-0.15, -0.1) is 0 Å². The molecule has 2 heterocycles. The fourth-order valence-electron chi connectivity index (χ4n) is 4.49. The molecule has 0 N–H and O–H groups in total. The largest absolute Gasteiger partial charge is 0.379 e. The number of piperidine rings is 1. The van der Waals surface area contributed by atoms with Gasteiger partial charge in [-0.3, -0.25) is 4.79 Å². The molecule has 3 rings (SSSR count). The van der Waals surface area contributed by atoms with Gasteiger partial charge in [-0.2, -0.15) is 0 Å². The van der Waals surface area contributed by atoms with Crippen LogP contribution in [0.2, 0.25) is 0 Å². The quantitative estimate of drug-likeness (QED) is 0.545. The second kappa shape index (κ2) is 8.65. The number of amides is 1. The standard InChI is InChI=1S/C20H34N2O3/c1-21(2)12-14-24-16-20-10-6-13-25-18(20)9-11-22(15-20)19(23)17-7-4-3-5-8-17/h3-4,17-18H,5-16H2,1-2H3/t17-,18+,20+/m0/s1. The van der Waals surface area contributed by atoms with Gasteiger partial charge in [0.2, 0.25) is 5.91 Å². The lowest BCUT2D eigenvalue weighted by molar-refractivity contribution is -0.167. The molecule has 0 unspecified atom stereocenters. The van der Waals surface area contributed by atoms with E-state index < -0.39 is 0 Å². The highest BCUT2D eigenvalue weighted by Gasteiger charge is 2.47. The number of allylic oxidation sites excluding steroid dienone is 2. The van der Waals surface area contributed by atoms with Gasteiger partial charge >= 0.3 is 0 Å². The highest BCUT2D eigenvalue weighted by atomic mass is 16.5. The Labute approximate surface area is 152 Å². The summed E-state index contributed by atoms with van der Waals surface area (Å²) in [5.41, 5.74) is -0.0109. The molecular formula is C20H34N2O3. The molecule has 2 fully saturated rings. The van der Waals surface area contributed by atoms with Gasteiger partial charge < -0.3 is 19.3 Å². The van der Waals surface area contributed by atoms with E-state index >= 15 is 0 Å². The summed E-state index contributed by atoms with van der Waals surface area (Å²) < 4.78 is 12.1. The zero-order chi connectivity index (χ0) is 17.7. The smallest absolute Gasteiger partial charge is 0.226 e. The first-order valence-corrected chi connectivity index (χ1v) is 9.89. The molecule has 0 aromatic carbocycles. The molecule has 25 heavy (non-hydrogen) atoms. The topological polar surface area (TPSA) is 42.0 Å². The summed E-state index contributed by atoms with van der Waals surface area (Å²) in [5, 5.41) is 0. The van der Waals surface area contributed by atoms with Gasteiger partial charge in [0.15, 0.2) is 0 Å². The first-order valence-electron chi connectivity index (χ1n) is 9.89. The van der Waals surface area contributed by atoms with Crippen molar-refractivity contribution in [2.75, 3.05) is 53.6 Å². The van der Waals surface area contributed by atoms with E-state index in [2.05, 4.69) is 36.0 Å². The van der Waals surface area contributed by atoms with Crippen LogP contribution in [0.3, 0.4) is 0 Å². The maximum atomic E-state index is 13.0. The van der Waals surface area contributed by atoms with Gasteiger partial charge in [0, 0.05) is 37.6 Å². The van der Waals surface area contributed by atoms with E-state index in [-0.39, 0.29) is 17.4 Å². The van der Waals surface area contributed by atoms with Gasteiger partial charge in [0.05, 0.1) is 19.3 Å². The number of fused-ring (bicyclic) bond motifs is 1. The van der Waals surface area contributed by atoms with Crippen LogP contribution in [0.15, 0.2) is 12.2 Å². The molecule has 3 aliphatic rings. The summed E-state index contributed by atoms with van der Waals surface area (Å²) in [4.78, 5) is 17.2. The number of hydrogen-bond donors (Lipinski definition) is 0. The van der Waals surface area contributed by atoms with Crippen molar-refractivity contribution in [2.45, 2.75) is 44.6 Å². The Morgan fingerprint density at radius 3 is 3.00 bits per heavy atom. The molecule has 5 nitrogen and oxygen atoms in total. The summed E-state index contributed by atoms with van der Waals surface area (Å²) in [6, 6.07) is 0. The van der Waals surface area contributed by atoms with Crippen molar-refractivity contribution in [3.63, 3.8) is 0 Å². The normalized spacial score (nSPS) is 32.7. The maximum Gasteiger partial charge on any atom is 0.226 e. The van der Waals surface area contributed by atoms with Crippen LogP contribution < -0.4 is 0 Å². The fourth-order valence-corrected chi connectivity index (χ4v) is 4.49. The summed E-state index contributed by atoms with van der Waals surface area (Å²) in [5.74, 6) is 0.527. The SMILES string of the molecule is CN(C)CCOC[C@]12CCCO[C@@H]1CCN(C(=O)[C@H]1CC=CCC1)C2. The van der Waals surface area contributed by atoms with Crippen molar-refractivity contribution in [2.24, 2.45) is 11.3 Å². The third kappa shape index (κ3) is 4.63. The van der Waals surface area contributed by atoms with Crippen molar-refractivity contribution >= 4 is 5.91 Å². The predicted molar refractivity (Wildman–Crippen MR) is 98.5 cm³/mol. The second-order valence-electron chi connectivity index (χ2n) is 8.21. The molecule has 0 aromatic heterocycles. The highest BCUT2D eigenvalue weighted by Crippen LogP contribution is 2.41. The molecule has 1 amide bonds. The Balaban J connectivity index is 1.62. The van der Waals surface area contributed by atoms with E-state index in [4.69, 9.17) is 9.47 Å². The third-order valence-corrected chi connectivity index (χ3v) is 5.99. The molecule has 142 valence electrons. The Morgan fingerprint density at radius 1 is 1.36 bits per heavy atom. The third-order valence-electron chi connectivity index (χ3n) is 5.99. The Kier molecular flexibility index (Phi) is 6.53. The van der Waals surface area contributed by atoms with E-state index in [0.717, 1.165) is 71.4 Å². The van der Waals surface area contributed by atoms with E-state index in [1.54, 1.807) is 0 Å². The molecule has 2 saturated heterocycles. The van der Waals surface area contributed by atoms with Crippen LogP contribution >= 0.6 is 0 Å². The van der Waals surface area contributed by atoms with Gasteiger partial charge in [-0.25, -0.2) is 0 Å². The number of likely N-dealkylation sites (N-methyl/N-ethyl adjacent to an activating group) is 1. The minimum atomic E-state index is -0.0109. The number of carbonyl (C=O) groups is 1. The highest BCUT2D eigenvalue weighted by molar-refractivity contribution is 5.79. The average Bonchev–Trinajstić information content (AvgIpc) is 2.65. The fraction of sp³-hybridized carbons (Fsp3) is 0.850. The van der Waals surface area contributed by atoms with Gasteiger partial charge in [-0.05, 0) is 52.6 Å². The van der Waals surface area contributed by atoms with Gasteiger partial charge in [0.25, 0.3) is 0 Å². The van der Waals surface area contributed by atoms with E-state index in [1.165, 1.54) is 0 Å². The first kappa shape index (κ1) is 18.9. The van der Waals surface area contributed by atoms with Crippen molar-refractivity contribution in [3.8, 4) is 0 Å². The lowest BCUT2D eigenvalue weighted by Gasteiger charge is -2.50. The summed E-state index contributed by atoms with van der Waals surface area (Å²) >= 11 is 0. The van der Waals surface area contributed by atoms with Crippen molar-refractivity contribution in [1.82, 2.24) is 9.80 Å². The number of carbonyl (C=O) groups excluding carboxylic acids is 1. The van der Waals surface area contributed by atoms with Crippen LogP contribution in [0.1, 0.15) is 38.5 Å². The number of likely N-dealkylation sites (tertiary alicyclic amines) is 1. The minimum Gasteiger partial charge on any atom is -0.379 e. The van der Waals surface area contributed by atoms with Crippen LogP contribution in [0.25, 0.3) is 0 Å². The number of nitrogens with zero attached hydrogens (tertiary/aromatic N) is 2. The predicted octanol–water partition coefficient (Wildman–Crippen LogP) is 2.32. The maximum absolute atomic E-state index is 13.0. The van der Waals surface area contributed by atoms with Crippen molar-refractivity contribution in [3.05, 3.63) is 12.2 Å². The minimum absolute atomic E-state index is 0.0109. The zero-order valence-electron chi connectivity index (χ0n) is 15.9. The van der Waals surface area contributed by atoms with Crippen molar-refractivity contribution < 1.29 is 14.3 Å². The molecule has 0 spiro atoms. The van der Waals surface area contributed by atoms with Crippen LogP contribution in [-0.4, -0.2) is 75.4 Å². The molecule has 2 aliphatic heterocycles. The lowest BCUT2D eigenvalue weighted by Crippen LogP contribution is -2.59. The number of rotatable bonds is 6. The van der Waals surface area contributed by atoms with E-state index in [1.807, 2.05) is 0 Å². The van der Waals surface area contributed by atoms with E-state index in [9.17, 15) is 4.79 Å².